The molecule has 1 heterocycles. The summed E-state index contributed by atoms with van der Waals surface area (Å²) < 4.78 is 0. The third kappa shape index (κ3) is 3.29. The molecular formula is C18H18N4O. The molecule has 0 aliphatic heterocycles. The Morgan fingerprint density at radius 1 is 1.09 bits per heavy atom. The number of nitrogens with one attached hydrogen (secondary N) is 1. The van der Waals surface area contributed by atoms with Crippen molar-refractivity contribution < 1.29 is 4.79 Å². The van der Waals surface area contributed by atoms with Crippen molar-refractivity contribution in [2.45, 2.75) is 13.3 Å². The Hall–Kier alpha value is -2.95. The van der Waals surface area contributed by atoms with Crippen molar-refractivity contribution in [3.63, 3.8) is 0 Å². The predicted molar refractivity (Wildman–Crippen MR) is 91.2 cm³/mol. The van der Waals surface area contributed by atoms with Crippen molar-refractivity contribution >= 4 is 22.8 Å². The Balaban J connectivity index is 1.75. The minimum atomic E-state index is -0.233. The molecule has 0 spiro atoms. The summed E-state index contributed by atoms with van der Waals surface area (Å²) in [4.78, 5) is 20.7. The number of nitrogens with two attached hydrogens (primary N) is 1. The second-order valence-electron chi connectivity index (χ2n) is 5.38. The van der Waals surface area contributed by atoms with Gasteiger partial charge >= 0.3 is 0 Å². The largest absolute Gasteiger partial charge is 0.368 e. The molecule has 0 atom stereocenters. The number of carbonyl (C=O) groups is 1. The Morgan fingerprint density at radius 2 is 1.83 bits per heavy atom. The zero-order valence-corrected chi connectivity index (χ0v) is 12.9. The molecule has 0 fully saturated rings. The third-order valence-corrected chi connectivity index (χ3v) is 3.78. The summed E-state index contributed by atoms with van der Waals surface area (Å²) in [5, 5.41) is 3.61. The van der Waals surface area contributed by atoms with E-state index in [1.54, 1.807) is 0 Å². The van der Waals surface area contributed by atoms with Crippen LogP contribution in [-0.4, -0.2) is 22.4 Å². The zero-order valence-electron chi connectivity index (χ0n) is 12.9. The molecular weight excluding hydrogens is 288 g/mol. The van der Waals surface area contributed by atoms with Crippen LogP contribution in [0.15, 0.2) is 48.5 Å². The summed E-state index contributed by atoms with van der Waals surface area (Å²) in [6, 6.07) is 15.5. The molecule has 0 radical (unpaired) electrons. The molecule has 3 rings (SSSR count). The van der Waals surface area contributed by atoms with Crippen LogP contribution in [0, 0.1) is 6.92 Å². The highest BCUT2D eigenvalue weighted by molar-refractivity contribution is 6.04. The first-order chi connectivity index (χ1) is 11.1. The number of para-hydroxylation sites is 1. The average Bonchev–Trinajstić information content (AvgIpc) is 2.55. The molecule has 1 amide bonds. The lowest BCUT2D eigenvalue weighted by molar-refractivity contribution is 0.0951. The second kappa shape index (κ2) is 6.44. The Morgan fingerprint density at radius 3 is 2.65 bits per heavy atom. The van der Waals surface area contributed by atoms with E-state index < -0.39 is 0 Å². The van der Waals surface area contributed by atoms with Gasteiger partial charge in [0.1, 0.15) is 5.69 Å². The number of nitrogens with zero attached hydrogens (tertiary/aromatic N) is 2. The maximum absolute atomic E-state index is 12.4. The maximum Gasteiger partial charge on any atom is 0.270 e. The second-order valence-corrected chi connectivity index (χ2v) is 5.38. The number of anilines is 1. The van der Waals surface area contributed by atoms with Gasteiger partial charge in [0.15, 0.2) is 0 Å². The first-order valence-corrected chi connectivity index (χ1v) is 7.50. The van der Waals surface area contributed by atoms with Gasteiger partial charge in [-0.05, 0) is 30.5 Å². The number of aromatic nitrogens is 2. The third-order valence-electron chi connectivity index (χ3n) is 3.78. The molecule has 0 aliphatic rings. The number of benzene rings is 2. The Kier molecular flexibility index (Phi) is 4.19. The minimum absolute atomic E-state index is 0.104. The van der Waals surface area contributed by atoms with Gasteiger partial charge in [0.2, 0.25) is 5.95 Å². The van der Waals surface area contributed by atoms with Crippen molar-refractivity contribution in [1.82, 2.24) is 15.3 Å². The number of hydrogen-bond donors (Lipinski definition) is 2. The smallest absolute Gasteiger partial charge is 0.270 e. The molecule has 3 aromatic rings. The normalized spacial score (nSPS) is 10.7. The summed E-state index contributed by atoms with van der Waals surface area (Å²) in [7, 11) is 0. The molecule has 5 nitrogen and oxygen atoms in total. The van der Waals surface area contributed by atoms with Crippen molar-refractivity contribution in [2.24, 2.45) is 0 Å². The number of hydrogen-bond acceptors (Lipinski definition) is 4. The molecule has 3 N–H and O–H groups in total. The molecule has 23 heavy (non-hydrogen) atoms. The molecule has 0 aliphatic carbocycles. The highest BCUT2D eigenvalue weighted by Crippen LogP contribution is 2.16. The summed E-state index contributed by atoms with van der Waals surface area (Å²) in [5.74, 6) is -0.128. The standard InChI is InChI=1S/C18H18N4O/c1-12-6-2-3-7-13(12)10-11-20-17(23)16-14-8-4-5-9-15(14)21-18(19)22-16/h2-9H,10-11H2,1H3,(H,20,23)(H2,19,21,22). The van der Waals surface area contributed by atoms with Gasteiger partial charge in [-0.3, -0.25) is 4.79 Å². The van der Waals surface area contributed by atoms with E-state index >= 15 is 0 Å². The van der Waals surface area contributed by atoms with Crippen molar-refractivity contribution in [3.8, 4) is 0 Å². The van der Waals surface area contributed by atoms with E-state index in [1.165, 1.54) is 11.1 Å². The number of amides is 1. The number of rotatable bonds is 4. The lowest BCUT2D eigenvalue weighted by atomic mass is 10.1. The van der Waals surface area contributed by atoms with Crippen LogP contribution in [0.25, 0.3) is 10.9 Å². The first kappa shape index (κ1) is 15.0. The van der Waals surface area contributed by atoms with Gasteiger partial charge in [-0.15, -0.1) is 0 Å². The fourth-order valence-corrected chi connectivity index (χ4v) is 2.55. The van der Waals surface area contributed by atoms with E-state index in [2.05, 4.69) is 34.3 Å². The molecule has 0 unspecified atom stereocenters. The lowest BCUT2D eigenvalue weighted by Crippen LogP contribution is -2.27. The van der Waals surface area contributed by atoms with Crippen molar-refractivity contribution in [3.05, 3.63) is 65.4 Å². The molecule has 0 saturated heterocycles. The quantitative estimate of drug-likeness (QED) is 0.776. The maximum atomic E-state index is 12.4. The van der Waals surface area contributed by atoms with Crippen LogP contribution < -0.4 is 11.1 Å². The van der Waals surface area contributed by atoms with Gasteiger partial charge in [0, 0.05) is 11.9 Å². The minimum Gasteiger partial charge on any atom is -0.368 e. The molecule has 2 aromatic carbocycles. The van der Waals surface area contributed by atoms with E-state index in [1.807, 2.05) is 36.4 Å². The molecule has 5 heteroatoms. The van der Waals surface area contributed by atoms with Gasteiger partial charge in [-0.25, -0.2) is 9.97 Å². The van der Waals surface area contributed by atoms with Crippen molar-refractivity contribution in [2.75, 3.05) is 12.3 Å². The number of aryl methyl sites for hydroxylation is 1. The fourth-order valence-electron chi connectivity index (χ4n) is 2.55. The van der Waals surface area contributed by atoms with Gasteiger partial charge in [-0.2, -0.15) is 0 Å². The monoisotopic (exact) mass is 306 g/mol. The van der Waals surface area contributed by atoms with E-state index in [4.69, 9.17) is 5.73 Å². The zero-order chi connectivity index (χ0) is 16.2. The number of carbonyl (C=O) groups excluding carboxylic acids is 1. The van der Waals surface area contributed by atoms with E-state index in [9.17, 15) is 4.79 Å². The van der Waals surface area contributed by atoms with Crippen LogP contribution in [0.2, 0.25) is 0 Å². The van der Waals surface area contributed by atoms with Gasteiger partial charge in [0.05, 0.1) is 5.52 Å². The van der Waals surface area contributed by atoms with E-state index in [0.717, 1.165) is 6.42 Å². The topological polar surface area (TPSA) is 80.9 Å². The Labute approximate surface area is 134 Å². The summed E-state index contributed by atoms with van der Waals surface area (Å²) in [6.45, 7) is 2.61. The Bertz CT molecular complexity index is 861. The lowest BCUT2D eigenvalue weighted by Gasteiger charge is -2.09. The average molecular weight is 306 g/mol. The van der Waals surface area contributed by atoms with Crippen molar-refractivity contribution in [1.29, 1.82) is 0 Å². The SMILES string of the molecule is Cc1ccccc1CCNC(=O)c1nc(N)nc2ccccc12. The van der Waals surface area contributed by atoms with Crippen LogP contribution >= 0.6 is 0 Å². The molecule has 116 valence electrons. The highest BCUT2D eigenvalue weighted by Gasteiger charge is 2.13. The van der Waals surface area contributed by atoms with Crippen LogP contribution in [0.5, 0.6) is 0 Å². The summed E-state index contributed by atoms with van der Waals surface area (Å²) in [5.41, 5.74) is 9.13. The van der Waals surface area contributed by atoms with Crippen LogP contribution in [-0.2, 0) is 6.42 Å². The van der Waals surface area contributed by atoms with Gasteiger partial charge < -0.3 is 11.1 Å². The van der Waals surface area contributed by atoms with E-state index in [-0.39, 0.29) is 11.9 Å². The van der Waals surface area contributed by atoms with Gasteiger partial charge in [0.25, 0.3) is 5.91 Å². The summed E-state index contributed by atoms with van der Waals surface area (Å²) >= 11 is 0. The van der Waals surface area contributed by atoms with Crippen LogP contribution in [0.3, 0.4) is 0 Å². The predicted octanol–water partition coefficient (Wildman–Crippen LogP) is 2.49. The number of fused-ring (bicyclic) bond motifs is 1. The fraction of sp³-hybridized carbons (Fsp3) is 0.167. The van der Waals surface area contributed by atoms with Crippen LogP contribution in [0.4, 0.5) is 5.95 Å². The highest BCUT2D eigenvalue weighted by atomic mass is 16.1. The van der Waals surface area contributed by atoms with E-state index in [0.29, 0.717) is 23.1 Å². The summed E-state index contributed by atoms with van der Waals surface area (Å²) in [6.07, 6.45) is 0.775. The van der Waals surface area contributed by atoms with Gasteiger partial charge in [-0.1, -0.05) is 42.5 Å². The molecule has 0 bridgehead atoms. The number of nitrogen functional groups attached to an aromatic ring is 1. The first-order valence-electron chi connectivity index (χ1n) is 7.50. The van der Waals surface area contributed by atoms with Crippen LogP contribution in [0.1, 0.15) is 21.6 Å². The molecule has 1 aromatic heterocycles. The molecule has 0 saturated carbocycles.